The molecule has 0 bridgehead atoms. The van der Waals surface area contributed by atoms with E-state index >= 15 is 0 Å². The quantitative estimate of drug-likeness (QED) is 0.739. The molecule has 2 aromatic rings. The zero-order valence-corrected chi connectivity index (χ0v) is 18.5. The van der Waals surface area contributed by atoms with Gasteiger partial charge in [-0.15, -0.1) is 0 Å². The van der Waals surface area contributed by atoms with Gasteiger partial charge in [0, 0.05) is 68.7 Å². The summed E-state index contributed by atoms with van der Waals surface area (Å²) in [5.41, 5.74) is 1.65. The van der Waals surface area contributed by atoms with Crippen molar-refractivity contribution in [3.8, 4) is 0 Å². The van der Waals surface area contributed by atoms with Gasteiger partial charge in [-0.1, -0.05) is 23.7 Å². The van der Waals surface area contributed by atoms with Crippen molar-refractivity contribution >= 4 is 23.4 Å². The van der Waals surface area contributed by atoms with Crippen molar-refractivity contribution in [1.82, 2.24) is 19.7 Å². The monoisotopic (exact) mass is 438 g/mol. The molecule has 5 rings (SSSR count). The van der Waals surface area contributed by atoms with Gasteiger partial charge in [-0.2, -0.15) is 0 Å². The molecular weight excluding hydrogens is 412 g/mol. The number of hydrogen-bond donors (Lipinski definition) is 0. The molecule has 7 heteroatoms. The van der Waals surface area contributed by atoms with Crippen LogP contribution in [0.5, 0.6) is 0 Å². The van der Waals surface area contributed by atoms with E-state index in [9.17, 15) is 9.59 Å². The molecule has 1 aromatic carbocycles. The van der Waals surface area contributed by atoms with E-state index in [1.165, 1.54) is 5.56 Å². The number of carbonyl (C=O) groups excluding carboxylic acids is 2. The van der Waals surface area contributed by atoms with Crippen molar-refractivity contribution in [1.29, 1.82) is 0 Å². The lowest BCUT2D eigenvalue weighted by atomic mass is 9.75. The second-order valence-corrected chi connectivity index (χ2v) is 9.51. The van der Waals surface area contributed by atoms with Crippen LogP contribution in [0.3, 0.4) is 0 Å². The summed E-state index contributed by atoms with van der Waals surface area (Å²) in [6, 6.07) is 11.2. The second kappa shape index (κ2) is 7.92. The molecule has 2 amide bonds. The Bertz CT molecular complexity index is 990. The Kier molecular flexibility index (Phi) is 5.22. The van der Waals surface area contributed by atoms with Gasteiger partial charge in [-0.05, 0) is 42.7 Å². The summed E-state index contributed by atoms with van der Waals surface area (Å²) in [7, 11) is 1.96. The third kappa shape index (κ3) is 3.52. The minimum absolute atomic E-state index is 0.0190. The molecule has 0 saturated carbocycles. The SMILES string of the molecule is CN1C(=O)[C@@H]2CN(Cc3cccnc3)C[C@@H]2C12CCN(C(=O)c1cccc(Cl)c1)CC2. The van der Waals surface area contributed by atoms with Crippen LogP contribution in [0.1, 0.15) is 28.8 Å². The lowest BCUT2D eigenvalue weighted by molar-refractivity contribution is -0.133. The number of rotatable bonds is 3. The summed E-state index contributed by atoms with van der Waals surface area (Å²) >= 11 is 6.07. The van der Waals surface area contributed by atoms with Crippen molar-refractivity contribution < 1.29 is 9.59 Å². The molecule has 2 atom stereocenters. The van der Waals surface area contributed by atoms with E-state index in [0.29, 0.717) is 29.6 Å². The van der Waals surface area contributed by atoms with Gasteiger partial charge in [0.25, 0.3) is 5.91 Å². The average molecular weight is 439 g/mol. The number of carbonyl (C=O) groups is 2. The molecule has 4 heterocycles. The zero-order valence-electron chi connectivity index (χ0n) is 17.7. The Morgan fingerprint density at radius 3 is 2.71 bits per heavy atom. The van der Waals surface area contributed by atoms with Crippen LogP contribution in [0.25, 0.3) is 0 Å². The van der Waals surface area contributed by atoms with Crippen LogP contribution in [0.2, 0.25) is 5.02 Å². The third-order valence-corrected chi connectivity index (χ3v) is 7.75. The predicted octanol–water partition coefficient (Wildman–Crippen LogP) is 2.93. The number of piperidine rings is 1. The molecule has 1 aromatic heterocycles. The van der Waals surface area contributed by atoms with Gasteiger partial charge in [0.05, 0.1) is 11.5 Å². The van der Waals surface area contributed by atoms with E-state index in [2.05, 4.69) is 16.0 Å². The van der Waals surface area contributed by atoms with E-state index in [4.69, 9.17) is 11.6 Å². The molecule has 0 radical (unpaired) electrons. The summed E-state index contributed by atoms with van der Waals surface area (Å²) in [4.78, 5) is 36.6. The largest absolute Gasteiger partial charge is 0.339 e. The molecule has 3 aliphatic heterocycles. The van der Waals surface area contributed by atoms with Crippen molar-refractivity contribution in [2.45, 2.75) is 24.9 Å². The van der Waals surface area contributed by atoms with Gasteiger partial charge >= 0.3 is 0 Å². The Hall–Kier alpha value is -2.44. The zero-order chi connectivity index (χ0) is 21.6. The number of likely N-dealkylation sites (tertiary alicyclic amines) is 3. The fraction of sp³-hybridized carbons (Fsp3) is 0.458. The number of fused-ring (bicyclic) bond motifs is 2. The number of benzene rings is 1. The van der Waals surface area contributed by atoms with Crippen LogP contribution in [0.4, 0.5) is 0 Å². The maximum absolute atomic E-state index is 13.1. The number of aromatic nitrogens is 1. The van der Waals surface area contributed by atoms with Crippen molar-refractivity contribution in [2.24, 2.45) is 11.8 Å². The van der Waals surface area contributed by atoms with E-state index in [1.54, 1.807) is 18.3 Å². The molecular formula is C24H27ClN4O2. The summed E-state index contributed by atoms with van der Waals surface area (Å²) in [6.45, 7) is 3.87. The minimum atomic E-state index is -0.156. The fourth-order valence-corrected chi connectivity index (χ4v) is 6.07. The number of amides is 2. The van der Waals surface area contributed by atoms with E-state index in [1.807, 2.05) is 41.2 Å². The molecule has 3 saturated heterocycles. The van der Waals surface area contributed by atoms with Crippen molar-refractivity contribution in [3.05, 3.63) is 64.9 Å². The summed E-state index contributed by atoms with van der Waals surface area (Å²) in [5, 5.41) is 0.572. The van der Waals surface area contributed by atoms with E-state index in [0.717, 1.165) is 32.5 Å². The molecule has 1 spiro atoms. The molecule has 3 aliphatic rings. The first-order valence-corrected chi connectivity index (χ1v) is 11.3. The molecule has 31 heavy (non-hydrogen) atoms. The van der Waals surface area contributed by atoms with Crippen LogP contribution in [-0.2, 0) is 11.3 Å². The predicted molar refractivity (Wildman–Crippen MR) is 119 cm³/mol. The highest BCUT2D eigenvalue weighted by atomic mass is 35.5. The molecule has 162 valence electrons. The van der Waals surface area contributed by atoms with Crippen LogP contribution in [0, 0.1) is 11.8 Å². The van der Waals surface area contributed by atoms with Gasteiger partial charge in [0.1, 0.15) is 0 Å². The topological polar surface area (TPSA) is 56.8 Å². The first-order valence-electron chi connectivity index (χ1n) is 10.9. The Balaban J connectivity index is 1.29. The van der Waals surface area contributed by atoms with Crippen molar-refractivity contribution in [2.75, 3.05) is 33.2 Å². The van der Waals surface area contributed by atoms with Crippen molar-refractivity contribution in [3.63, 3.8) is 0 Å². The lowest BCUT2D eigenvalue weighted by Gasteiger charge is -2.46. The molecule has 6 nitrogen and oxygen atoms in total. The summed E-state index contributed by atoms with van der Waals surface area (Å²) < 4.78 is 0. The van der Waals surface area contributed by atoms with Gasteiger partial charge < -0.3 is 9.80 Å². The Morgan fingerprint density at radius 1 is 1.19 bits per heavy atom. The Labute approximate surface area is 187 Å². The van der Waals surface area contributed by atoms with Gasteiger partial charge in [0.15, 0.2) is 0 Å². The highest BCUT2D eigenvalue weighted by molar-refractivity contribution is 6.30. The number of nitrogens with zero attached hydrogens (tertiary/aromatic N) is 4. The molecule has 0 aliphatic carbocycles. The molecule has 3 fully saturated rings. The summed E-state index contributed by atoms with van der Waals surface area (Å²) in [5.74, 6) is 0.640. The standard InChI is InChI=1S/C24H27ClN4O2/c1-27-23(31)20-15-28(14-17-4-3-9-26-13-17)16-21(20)24(27)7-10-29(11-8-24)22(30)18-5-2-6-19(25)12-18/h2-6,9,12-13,20-21H,7-8,10-11,14-16H2,1H3/t20-,21+/m1/s1. The smallest absolute Gasteiger partial charge is 0.253 e. The van der Waals surface area contributed by atoms with E-state index < -0.39 is 0 Å². The maximum Gasteiger partial charge on any atom is 0.253 e. The number of halogens is 1. The first-order chi connectivity index (χ1) is 15.0. The van der Waals surface area contributed by atoms with Crippen LogP contribution in [-0.4, -0.2) is 70.3 Å². The highest BCUT2D eigenvalue weighted by Gasteiger charge is 2.60. The number of pyridine rings is 1. The minimum Gasteiger partial charge on any atom is -0.339 e. The first kappa shape index (κ1) is 20.5. The fourth-order valence-electron chi connectivity index (χ4n) is 5.88. The third-order valence-electron chi connectivity index (χ3n) is 7.52. The second-order valence-electron chi connectivity index (χ2n) is 9.07. The van der Waals surface area contributed by atoms with Gasteiger partial charge in [-0.25, -0.2) is 0 Å². The average Bonchev–Trinajstić information content (AvgIpc) is 3.29. The molecule has 0 unspecified atom stereocenters. The van der Waals surface area contributed by atoms with Gasteiger partial charge in [-0.3, -0.25) is 19.5 Å². The Morgan fingerprint density at radius 2 is 2.00 bits per heavy atom. The normalized spacial score (nSPS) is 25.3. The lowest BCUT2D eigenvalue weighted by Crippen LogP contribution is -2.56. The summed E-state index contributed by atoms with van der Waals surface area (Å²) in [6.07, 6.45) is 5.33. The van der Waals surface area contributed by atoms with Crippen LogP contribution >= 0.6 is 11.6 Å². The van der Waals surface area contributed by atoms with Crippen LogP contribution in [0.15, 0.2) is 48.8 Å². The highest BCUT2D eigenvalue weighted by Crippen LogP contribution is 2.49. The van der Waals surface area contributed by atoms with E-state index in [-0.39, 0.29) is 23.3 Å². The number of hydrogen-bond acceptors (Lipinski definition) is 4. The molecule has 0 N–H and O–H groups in total. The van der Waals surface area contributed by atoms with Gasteiger partial charge in [0.2, 0.25) is 5.91 Å². The maximum atomic E-state index is 13.1. The van der Waals surface area contributed by atoms with Crippen LogP contribution < -0.4 is 0 Å².